The normalized spacial score (nSPS) is 20.7. The lowest BCUT2D eigenvalue weighted by atomic mass is 9.87. The first-order chi connectivity index (χ1) is 8.55. The van der Waals surface area contributed by atoms with Gasteiger partial charge in [0.1, 0.15) is 5.75 Å². The molecule has 2 nitrogen and oxygen atoms in total. The third kappa shape index (κ3) is 3.74. The van der Waals surface area contributed by atoms with Crippen LogP contribution in [0.5, 0.6) is 5.75 Å². The lowest BCUT2D eigenvalue weighted by Crippen LogP contribution is -2.33. The van der Waals surface area contributed by atoms with Crippen molar-refractivity contribution >= 4 is 0 Å². The van der Waals surface area contributed by atoms with E-state index in [0.717, 1.165) is 25.4 Å². The summed E-state index contributed by atoms with van der Waals surface area (Å²) in [5.74, 6) is 1.67. The van der Waals surface area contributed by atoms with Gasteiger partial charge >= 0.3 is 0 Å². The molecule has 0 bridgehead atoms. The predicted molar refractivity (Wildman–Crippen MR) is 76.2 cm³/mol. The Labute approximate surface area is 111 Å². The lowest BCUT2D eigenvalue weighted by Gasteiger charge is -2.24. The number of benzene rings is 1. The summed E-state index contributed by atoms with van der Waals surface area (Å²) in [6.45, 7) is 9.79. The van der Waals surface area contributed by atoms with Crippen LogP contribution in [0.3, 0.4) is 0 Å². The molecule has 0 amide bonds. The van der Waals surface area contributed by atoms with Crippen molar-refractivity contribution in [1.29, 1.82) is 0 Å². The van der Waals surface area contributed by atoms with Gasteiger partial charge in [0.25, 0.3) is 0 Å². The Hall–Kier alpha value is -1.02. The highest BCUT2D eigenvalue weighted by Crippen LogP contribution is 2.26. The van der Waals surface area contributed by atoms with Crippen molar-refractivity contribution in [2.24, 2.45) is 5.92 Å². The van der Waals surface area contributed by atoms with Crippen molar-refractivity contribution in [2.75, 3.05) is 19.7 Å². The van der Waals surface area contributed by atoms with Gasteiger partial charge in [-0.05, 0) is 42.5 Å². The minimum atomic E-state index is 0.186. The van der Waals surface area contributed by atoms with E-state index in [4.69, 9.17) is 4.74 Å². The van der Waals surface area contributed by atoms with Gasteiger partial charge in [0, 0.05) is 12.5 Å². The van der Waals surface area contributed by atoms with Gasteiger partial charge in [0.15, 0.2) is 0 Å². The van der Waals surface area contributed by atoms with E-state index in [1.54, 1.807) is 0 Å². The third-order valence-corrected chi connectivity index (χ3v) is 3.58. The summed E-state index contributed by atoms with van der Waals surface area (Å²) in [6.07, 6.45) is 2.56. The van der Waals surface area contributed by atoms with E-state index >= 15 is 0 Å². The zero-order valence-corrected chi connectivity index (χ0v) is 11.8. The molecule has 1 fully saturated rings. The second-order valence-corrected chi connectivity index (χ2v) is 6.30. The maximum atomic E-state index is 5.94. The highest BCUT2D eigenvalue weighted by atomic mass is 16.5. The predicted octanol–water partition coefficient (Wildman–Crippen LogP) is 3.36. The molecule has 1 aromatic carbocycles. The lowest BCUT2D eigenvalue weighted by molar-refractivity contribution is 0.218. The smallest absolute Gasteiger partial charge is 0.119 e. The van der Waals surface area contributed by atoms with E-state index in [1.807, 2.05) is 0 Å². The van der Waals surface area contributed by atoms with Crippen LogP contribution in [-0.2, 0) is 5.41 Å². The van der Waals surface area contributed by atoms with Crippen molar-refractivity contribution in [3.8, 4) is 5.75 Å². The Bertz CT molecular complexity index is 375. The first-order valence-electron chi connectivity index (χ1n) is 7.00. The summed E-state index contributed by atoms with van der Waals surface area (Å²) in [6, 6.07) is 8.51. The van der Waals surface area contributed by atoms with Crippen LogP contribution in [0.15, 0.2) is 24.3 Å². The van der Waals surface area contributed by atoms with E-state index < -0.39 is 0 Å². The van der Waals surface area contributed by atoms with Crippen molar-refractivity contribution in [3.05, 3.63) is 29.8 Å². The van der Waals surface area contributed by atoms with Crippen LogP contribution in [-0.4, -0.2) is 19.7 Å². The number of hydrogen-bond donors (Lipinski definition) is 1. The number of nitrogens with one attached hydrogen (secondary N) is 1. The topological polar surface area (TPSA) is 21.3 Å². The molecule has 18 heavy (non-hydrogen) atoms. The quantitative estimate of drug-likeness (QED) is 0.884. The highest BCUT2D eigenvalue weighted by Gasteiger charge is 2.16. The summed E-state index contributed by atoms with van der Waals surface area (Å²) in [5, 5.41) is 3.43. The fraction of sp³-hybridized carbons (Fsp3) is 0.625. The van der Waals surface area contributed by atoms with Gasteiger partial charge in [0.2, 0.25) is 0 Å². The summed E-state index contributed by atoms with van der Waals surface area (Å²) in [7, 11) is 0. The summed E-state index contributed by atoms with van der Waals surface area (Å²) in [4.78, 5) is 0. The van der Waals surface area contributed by atoms with Gasteiger partial charge in [0.05, 0.1) is 6.61 Å². The van der Waals surface area contributed by atoms with Crippen LogP contribution in [0.4, 0.5) is 0 Å². The molecular formula is C16H25NO. The van der Waals surface area contributed by atoms with Crippen molar-refractivity contribution in [1.82, 2.24) is 5.32 Å². The fourth-order valence-corrected chi connectivity index (χ4v) is 2.33. The molecule has 0 radical (unpaired) electrons. The van der Waals surface area contributed by atoms with Gasteiger partial charge in [-0.3, -0.25) is 0 Å². The number of rotatable bonds is 3. The molecule has 1 aliphatic heterocycles. The average molecular weight is 247 g/mol. The first-order valence-corrected chi connectivity index (χ1v) is 7.00. The molecule has 0 saturated carbocycles. The zero-order chi connectivity index (χ0) is 13.0. The van der Waals surface area contributed by atoms with Crippen LogP contribution in [0.1, 0.15) is 39.2 Å². The molecule has 2 heteroatoms. The number of hydrogen-bond acceptors (Lipinski definition) is 2. The summed E-state index contributed by atoms with van der Waals surface area (Å²) < 4.78 is 5.94. The Morgan fingerprint density at radius 3 is 2.83 bits per heavy atom. The molecular weight excluding hydrogens is 222 g/mol. The Morgan fingerprint density at radius 2 is 2.17 bits per heavy atom. The van der Waals surface area contributed by atoms with Crippen LogP contribution in [0.25, 0.3) is 0 Å². The van der Waals surface area contributed by atoms with E-state index in [0.29, 0.717) is 5.92 Å². The molecule has 1 saturated heterocycles. The molecule has 1 atom stereocenters. The van der Waals surface area contributed by atoms with Crippen molar-refractivity contribution < 1.29 is 4.74 Å². The molecule has 1 aliphatic rings. The van der Waals surface area contributed by atoms with Gasteiger partial charge < -0.3 is 10.1 Å². The van der Waals surface area contributed by atoms with Gasteiger partial charge in [-0.1, -0.05) is 32.9 Å². The maximum Gasteiger partial charge on any atom is 0.119 e. The molecule has 1 N–H and O–H groups in total. The Morgan fingerprint density at radius 1 is 1.33 bits per heavy atom. The van der Waals surface area contributed by atoms with E-state index in [1.165, 1.54) is 18.4 Å². The highest BCUT2D eigenvalue weighted by molar-refractivity contribution is 5.32. The summed E-state index contributed by atoms with van der Waals surface area (Å²) >= 11 is 0. The molecule has 0 aromatic heterocycles. The van der Waals surface area contributed by atoms with E-state index in [9.17, 15) is 0 Å². The third-order valence-electron chi connectivity index (χ3n) is 3.58. The second kappa shape index (κ2) is 5.75. The maximum absolute atomic E-state index is 5.94. The molecule has 1 aromatic rings. The summed E-state index contributed by atoms with van der Waals surface area (Å²) in [5.41, 5.74) is 1.52. The molecule has 0 aliphatic carbocycles. The number of ether oxygens (including phenoxy) is 1. The van der Waals surface area contributed by atoms with Crippen LogP contribution < -0.4 is 10.1 Å². The second-order valence-electron chi connectivity index (χ2n) is 6.30. The van der Waals surface area contributed by atoms with Crippen LogP contribution in [0.2, 0.25) is 0 Å². The minimum Gasteiger partial charge on any atom is -0.493 e. The van der Waals surface area contributed by atoms with E-state index in [2.05, 4.69) is 50.4 Å². The first kappa shape index (κ1) is 13.4. The standard InChI is InChI=1S/C16H25NO/c1-16(2,3)14-7-4-8-15(10-14)18-12-13-6-5-9-17-11-13/h4,7-8,10,13,17H,5-6,9,11-12H2,1-3H3/t13-/m1/s1. The molecule has 2 rings (SSSR count). The molecule has 100 valence electrons. The van der Waals surface area contributed by atoms with Crippen molar-refractivity contribution in [2.45, 2.75) is 39.0 Å². The largest absolute Gasteiger partial charge is 0.493 e. The van der Waals surface area contributed by atoms with Gasteiger partial charge in [-0.15, -0.1) is 0 Å². The Balaban J connectivity index is 1.92. The van der Waals surface area contributed by atoms with E-state index in [-0.39, 0.29) is 5.41 Å². The van der Waals surface area contributed by atoms with Gasteiger partial charge in [-0.25, -0.2) is 0 Å². The van der Waals surface area contributed by atoms with Crippen LogP contribution >= 0.6 is 0 Å². The van der Waals surface area contributed by atoms with Crippen LogP contribution in [0, 0.1) is 5.92 Å². The molecule has 0 spiro atoms. The van der Waals surface area contributed by atoms with Crippen molar-refractivity contribution in [3.63, 3.8) is 0 Å². The van der Waals surface area contributed by atoms with Gasteiger partial charge in [-0.2, -0.15) is 0 Å². The zero-order valence-electron chi connectivity index (χ0n) is 11.8. The monoisotopic (exact) mass is 247 g/mol. The molecule has 1 heterocycles. The average Bonchev–Trinajstić information content (AvgIpc) is 2.37. The Kier molecular flexibility index (Phi) is 4.28. The number of piperidine rings is 1. The fourth-order valence-electron chi connectivity index (χ4n) is 2.33. The molecule has 0 unspecified atom stereocenters. The SMILES string of the molecule is CC(C)(C)c1cccc(OC[C@@H]2CCCNC2)c1. The minimum absolute atomic E-state index is 0.186.